The Balaban J connectivity index is 1.50. The molecular formula is C22H33N3O5S. The molecule has 8 nitrogen and oxygen atoms in total. The summed E-state index contributed by atoms with van der Waals surface area (Å²) in [4.78, 5) is 14.8. The summed E-state index contributed by atoms with van der Waals surface area (Å²) in [5.41, 5.74) is 0.963. The summed E-state index contributed by atoms with van der Waals surface area (Å²) in [7, 11) is -3.76. The Hall–Kier alpha value is -1.78. The number of aliphatic hydroxyl groups excluding tert-OH is 1. The SMILES string of the molecule is Cc1ccc(S(=O)(=O)N[C@H]2C=C[C@H](CC(=O)NCCN3CCCCC3)O[C@H]2CO)cc1. The summed E-state index contributed by atoms with van der Waals surface area (Å²) in [6, 6.07) is 5.82. The lowest BCUT2D eigenvalue weighted by Gasteiger charge is -2.31. The first-order valence-corrected chi connectivity index (χ1v) is 12.4. The Morgan fingerprint density at radius 3 is 2.55 bits per heavy atom. The Labute approximate surface area is 184 Å². The minimum Gasteiger partial charge on any atom is -0.394 e. The van der Waals surface area contributed by atoms with E-state index in [-0.39, 0.29) is 23.8 Å². The van der Waals surface area contributed by atoms with Crippen molar-refractivity contribution < 1.29 is 23.1 Å². The van der Waals surface area contributed by atoms with Gasteiger partial charge >= 0.3 is 0 Å². The third-order valence-corrected chi connectivity index (χ3v) is 7.15. The summed E-state index contributed by atoms with van der Waals surface area (Å²) in [5.74, 6) is -0.123. The molecule has 0 unspecified atom stereocenters. The standard InChI is InChI=1S/C22H33N3O5S/c1-17-5-8-19(9-6-17)31(28,29)24-20-10-7-18(30-21(20)16-26)15-22(27)23-11-14-25-12-3-2-4-13-25/h5-10,18,20-21,24,26H,2-4,11-16H2,1H3,(H,23,27)/t18-,20+,21+/m1/s1. The van der Waals surface area contributed by atoms with E-state index in [1.165, 1.54) is 31.4 Å². The van der Waals surface area contributed by atoms with Gasteiger partial charge in [-0.1, -0.05) is 36.3 Å². The fourth-order valence-electron chi connectivity index (χ4n) is 3.87. The van der Waals surface area contributed by atoms with Crippen molar-refractivity contribution in [2.24, 2.45) is 0 Å². The van der Waals surface area contributed by atoms with Crippen molar-refractivity contribution in [3.8, 4) is 0 Å². The number of likely N-dealkylation sites (tertiary alicyclic amines) is 1. The number of nitrogens with zero attached hydrogens (tertiary/aromatic N) is 1. The number of aryl methyl sites for hydroxylation is 1. The Bertz CT molecular complexity index is 850. The zero-order chi connectivity index (χ0) is 22.3. The highest BCUT2D eigenvalue weighted by molar-refractivity contribution is 7.89. The number of rotatable bonds is 9. The van der Waals surface area contributed by atoms with Gasteiger partial charge in [0.15, 0.2) is 0 Å². The molecule has 0 spiro atoms. The Morgan fingerprint density at radius 1 is 1.16 bits per heavy atom. The van der Waals surface area contributed by atoms with E-state index in [1.807, 2.05) is 6.92 Å². The quantitative estimate of drug-likeness (QED) is 0.483. The second-order valence-corrected chi connectivity index (χ2v) is 9.91. The first-order valence-electron chi connectivity index (χ1n) is 10.9. The molecule has 1 aromatic rings. The van der Waals surface area contributed by atoms with Crippen LogP contribution in [0.2, 0.25) is 0 Å². The molecule has 3 atom stereocenters. The molecule has 1 aromatic carbocycles. The third kappa shape index (κ3) is 7.11. The summed E-state index contributed by atoms with van der Waals surface area (Å²) >= 11 is 0. The molecule has 0 saturated carbocycles. The molecule has 2 aliphatic rings. The first-order chi connectivity index (χ1) is 14.9. The zero-order valence-corrected chi connectivity index (χ0v) is 18.8. The lowest BCUT2D eigenvalue weighted by atomic mass is 10.1. The van der Waals surface area contributed by atoms with E-state index in [0.717, 1.165) is 25.2 Å². The highest BCUT2D eigenvalue weighted by Gasteiger charge is 2.31. The second-order valence-electron chi connectivity index (χ2n) is 8.20. The predicted molar refractivity (Wildman–Crippen MR) is 118 cm³/mol. The van der Waals surface area contributed by atoms with Crippen LogP contribution in [0.25, 0.3) is 0 Å². The molecule has 2 heterocycles. The van der Waals surface area contributed by atoms with Gasteiger partial charge in [-0.25, -0.2) is 13.1 Å². The number of piperidine rings is 1. The van der Waals surface area contributed by atoms with Crippen molar-refractivity contribution in [3.05, 3.63) is 42.0 Å². The summed E-state index contributed by atoms with van der Waals surface area (Å²) < 4.78 is 33.6. The number of aliphatic hydroxyl groups is 1. The fourth-order valence-corrected chi connectivity index (χ4v) is 5.09. The molecule has 1 fully saturated rings. The second kappa shape index (κ2) is 11.2. The minimum atomic E-state index is -3.76. The molecule has 1 amide bonds. The van der Waals surface area contributed by atoms with Gasteiger partial charge in [0.25, 0.3) is 0 Å². The number of hydrogen-bond donors (Lipinski definition) is 3. The molecule has 172 valence electrons. The molecular weight excluding hydrogens is 418 g/mol. The van der Waals surface area contributed by atoms with Crippen LogP contribution in [-0.4, -0.2) is 75.4 Å². The minimum absolute atomic E-state index is 0.123. The predicted octanol–water partition coefficient (Wildman–Crippen LogP) is 0.950. The van der Waals surface area contributed by atoms with Crippen LogP contribution in [0.3, 0.4) is 0 Å². The largest absolute Gasteiger partial charge is 0.394 e. The van der Waals surface area contributed by atoms with Crippen molar-refractivity contribution in [1.82, 2.24) is 14.9 Å². The molecule has 0 radical (unpaired) electrons. The van der Waals surface area contributed by atoms with E-state index < -0.39 is 28.3 Å². The van der Waals surface area contributed by atoms with Crippen LogP contribution in [0, 0.1) is 6.92 Å². The lowest BCUT2D eigenvalue weighted by Crippen LogP contribution is -2.49. The Kier molecular flexibility index (Phi) is 8.62. The van der Waals surface area contributed by atoms with Crippen molar-refractivity contribution in [3.63, 3.8) is 0 Å². The maximum atomic E-state index is 12.6. The van der Waals surface area contributed by atoms with E-state index in [2.05, 4.69) is 14.9 Å². The van der Waals surface area contributed by atoms with Gasteiger partial charge in [-0.2, -0.15) is 0 Å². The number of amides is 1. The van der Waals surface area contributed by atoms with E-state index >= 15 is 0 Å². The highest BCUT2D eigenvalue weighted by Crippen LogP contribution is 2.18. The molecule has 3 N–H and O–H groups in total. The van der Waals surface area contributed by atoms with Gasteiger partial charge in [-0.15, -0.1) is 0 Å². The van der Waals surface area contributed by atoms with Crippen LogP contribution in [0.4, 0.5) is 0 Å². The number of nitrogens with one attached hydrogen (secondary N) is 2. The van der Waals surface area contributed by atoms with Crippen LogP contribution in [-0.2, 0) is 19.6 Å². The summed E-state index contributed by atoms with van der Waals surface area (Å²) in [5, 5.41) is 12.6. The molecule has 9 heteroatoms. The third-order valence-electron chi connectivity index (χ3n) is 5.67. The van der Waals surface area contributed by atoms with Crippen molar-refractivity contribution in [2.45, 2.75) is 55.8 Å². The average molecular weight is 452 g/mol. The van der Waals surface area contributed by atoms with Crippen molar-refractivity contribution >= 4 is 15.9 Å². The molecule has 2 aliphatic heterocycles. The van der Waals surface area contributed by atoms with E-state index in [4.69, 9.17) is 4.74 Å². The smallest absolute Gasteiger partial charge is 0.241 e. The summed E-state index contributed by atoms with van der Waals surface area (Å²) in [6.07, 6.45) is 5.90. The highest BCUT2D eigenvalue weighted by atomic mass is 32.2. The van der Waals surface area contributed by atoms with Gasteiger partial charge in [-0.05, 0) is 45.0 Å². The van der Waals surface area contributed by atoms with Gasteiger partial charge in [-0.3, -0.25) is 4.79 Å². The molecule has 1 saturated heterocycles. The number of ether oxygens (including phenoxy) is 1. The number of sulfonamides is 1. The zero-order valence-electron chi connectivity index (χ0n) is 18.0. The van der Waals surface area contributed by atoms with E-state index in [1.54, 1.807) is 24.3 Å². The summed E-state index contributed by atoms with van der Waals surface area (Å²) in [6.45, 7) is 5.13. The van der Waals surface area contributed by atoms with Crippen LogP contribution in [0.15, 0.2) is 41.3 Å². The fraction of sp³-hybridized carbons (Fsp3) is 0.591. The van der Waals surface area contributed by atoms with Gasteiger partial charge in [0.2, 0.25) is 15.9 Å². The number of benzene rings is 1. The van der Waals surface area contributed by atoms with E-state index in [9.17, 15) is 18.3 Å². The van der Waals surface area contributed by atoms with Crippen LogP contribution >= 0.6 is 0 Å². The molecule has 0 bridgehead atoms. The number of hydrogen-bond acceptors (Lipinski definition) is 6. The van der Waals surface area contributed by atoms with Crippen molar-refractivity contribution in [2.75, 3.05) is 32.8 Å². The maximum absolute atomic E-state index is 12.6. The van der Waals surface area contributed by atoms with Gasteiger partial charge < -0.3 is 20.1 Å². The molecule has 3 rings (SSSR count). The lowest BCUT2D eigenvalue weighted by molar-refractivity contribution is -0.125. The topological polar surface area (TPSA) is 108 Å². The van der Waals surface area contributed by atoms with Gasteiger partial charge in [0.1, 0.15) is 6.10 Å². The van der Waals surface area contributed by atoms with Gasteiger partial charge in [0, 0.05) is 13.1 Å². The van der Waals surface area contributed by atoms with Crippen LogP contribution < -0.4 is 10.0 Å². The first kappa shape index (κ1) is 23.9. The van der Waals surface area contributed by atoms with Gasteiger partial charge in [0.05, 0.1) is 30.1 Å². The number of carbonyl (C=O) groups excluding carboxylic acids is 1. The van der Waals surface area contributed by atoms with Crippen molar-refractivity contribution in [1.29, 1.82) is 0 Å². The monoisotopic (exact) mass is 451 g/mol. The van der Waals surface area contributed by atoms with Crippen LogP contribution in [0.1, 0.15) is 31.2 Å². The molecule has 31 heavy (non-hydrogen) atoms. The maximum Gasteiger partial charge on any atom is 0.241 e. The number of carbonyl (C=O) groups is 1. The normalized spacial score (nSPS) is 24.8. The average Bonchev–Trinajstić information content (AvgIpc) is 2.75. The molecule has 0 aromatic heterocycles. The molecule has 0 aliphatic carbocycles. The Morgan fingerprint density at radius 2 is 1.87 bits per heavy atom. The van der Waals surface area contributed by atoms with E-state index in [0.29, 0.717) is 6.54 Å². The van der Waals surface area contributed by atoms with Crippen LogP contribution in [0.5, 0.6) is 0 Å².